The van der Waals surface area contributed by atoms with Crippen LogP contribution < -0.4 is 9.64 Å². The van der Waals surface area contributed by atoms with Crippen LogP contribution in [0, 0.1) is 0 Å². The predicted molar refractivity (Wildman–Crippen MR) is 128 cm³/mol. The Bertz CT molecular complexity index is 1150. The van der Waals surface area contributed by atoms with Crippen LogP contribution in [0.2, 0.25) is 0 Å². The summed E-state index contributed by atoms with van der Waals surface area (Å²) in [7, 11) is -2.25. The average molecular weight is 487 g/mol. The first-order valence-electron chi connectivity index (χ1n) is 11.6. The van der Waals surface area contributed by atoms with Crippen molar-refractivity contribution in [1.82, 2.24) is 4.31 Å². The van der Waals surface area contributed by atoms with E-state index in [2.05, 4.69) is 4.90 Å². The molecule has 0 atom stereocenters. The van der Waals surface area contributed by atoms with Gasteiger partial charge in [0.05, 0.1) is 28.8 Å². The molecule has 4 rings (SSSR count). The Morgan fingerprint density at radius 2 is 1.56 bits per heavy atom. The minimum atomic E-state index is -3.72. The molecule has 0 spiro atoms. The largest absolute Gasteiger partial charge is 0.496 e. The Morgan fingerprint density at radius 3 is 2.26 bits per heavy atom. The molecule has 2 heterocycles. The maximum Gasteiger partial charge on any atom is 0.340 e. The third-order valence-corrected chi connectivity index (χ3v) is 8.22. The molecule has 0 bridgehead atoms. The normalized spacial score (nSPS) is 16.9. The van der Waals surface area contributed by atoms with Crippen molar-refractivity contribution in [1.29, 1.82) is 0 Å². The summed E-state index contributed by atoms with van der Waals surface area (Å²) in [6, 6.07) is 11.4. The van der Waals surface area contributed by atoms with Crippen LogP contribution in [-0.2, 0) is 14.8 Å². The number of benzene rings is 2. The fraction of sp³-hybridized carbons (Fsp3) is 0.440. The lowest BCUT2D eigenvalue weighted by Crippen LogP contribution is -2.35. The van der Waals surface area contributed by atoms with Gasteiger partial charge in [-0.25, -0.2) is 13.2 Å². The van der Waals surface area contributed by atoms with Crippen molar-refractivity contribution < 1.29 is 27.5 Å². The van der Waals surface area contributed by atoms with Gasteiger partial charge >= 0.3 is 5.97 Å². The summed E-state index contributed by atoms with van der Waals surface area (Å²) < 4.78 is 38.5. The number of ether oxygens (including phenoxy) is 2. The van der Waals surface area contributed by atoms with Crippen molar-refractivity contribution in [2.75, 3.05) is 44.8 Å². The van der Waals surface area contributed by atoms with E-state index < -0.39 is 28.4 Å². The average Bonchev–Trinajstić information content (AvgIpc) is 3.42. The molecule has 0 radical (unpaired) electrons. The minimum Gasteiger partial charge on any atom is -0.496 e. The van der Waals surface area contributed by atoms with Gasteiger partial charge in [-0.2, -0.15) is 4.31 Å². The monoisotopic (exact) mass is 486 g/mol. The van der Waals surface area contributed by atoms with Crippen LogP contribution in [-0.4, -0.2) is 64.4 Å². The number of piperidine rings is 1. The molecule has 34 heavy (non-hydrogen) atoms. The van der Waals surface area contributed by atoms with Gasteiger partial charge in [-0.15, -0.1) is 0 Å². The molecule has 0 N–H and O–H groups in total. The Kier molecular flexibility index (Phi) is 7.53. The van der Waals surface area contributed by atoms with Gasteiger partial charge in [0, 0.05) is 26.2 Å². The van der Waals surface area contributed by atoms with E-state index in [1.54, 1.807) is 36.4 Å². The number of anilines is 1. The fourth-order valence-corrected chi connectivity index (χ4v) is 6.03. The van der Waals surface area contributed by atoms with Gasteiger partial charge < -0.3 is 14.4 Å². The first-order valence-corrected chi connectivity index (χ1v) is 13.1. The first-order chi connectivity index (χ1) is 16.4. The summed E-state index contributed by atoms with van der Waals surface area (Å²) in [6.45, 7) is 2.03. The van der Waals surface area contributed by atoms with Gasteiger partial charge in [0.2, 0.25) is 15.8 Å². The third kappa shape index (κ3) is 5.10. The van der Waals surface area contributed by atoms with Gasteiger partial charge in [0.15, 0.2) is 6.61 Å². The lowest BCUT2D eigenvalue weighted by Gasteiger charge is -2.27. The maximum atomic E-state index is 13.2. The van der Waals surface area contributed by atoms with Crippen LogP contribution in [0.1, 0.15) is 52.8 Å². The van der Waals surface area contributed by atoms with Crippen LogP contribution in [0.15, 0.2) is 47.4 Å². The van der Waals surface area contributed by atoms with E-state index in [-0.39, 0.29) is 10.5 Å². The number of esters is 1. The number of carbonyl (C=O) groups is 2. The quantitative estimate of drug-likeness (QED) is 0.416. The van der Waals surface area contributed by atoms with Crippen LogP contribution in [0.3, 0.4) is 0 Å². The van der Waals surface area contributed by atoms with E-state index in [0.29, 0.717) is 30.1 Å². The summed E-state index contributed by atoms with van der Waals surface area (Å²) in [6.07, 6.45) is 4.65. The minimum absolute atomic E-state index is 0.0698. The molecule has 9 heteroatoms. The topological polar surface area (TPSA) is 93.2 Å². The number of rotatable bonds is 8. The predicted octanol–water partition coefficient (Wildman–Crippen LogP) is 3.51. The molecule has 2 saturated heterocycles. The van der Waals surface area contributed by atoms with Gasteiger partial charge in [-0.3, -0.25) is 4.79 Å². The molecule has 0 saturated carbocycles. The second-order valence-electron chi connectivity index (χ2n) is 8.54. The van der Waals surface area contributed by atoms with Gasteiger partial charge in [0.1, 0.15) is 5.75 Å². The van der Waals surface area contributed by atoms with Crippen LogP contribution >= 0.6 is 0 Å². The van der Waals surface area contributed by atoms with E-state index in [0.717, 1.165) is 45.2 Å². The van der Waals surface area contributed by atoms with Gasteiger partial charge in [-0.05, 0) is 56.0 Å². The van der Waals surface area contributed by atoms with E-state index in [4.69, 9.17) is 9.47 Å². The molecule has 2 aromatic rings. The smallest absolute Gasteiger partial charge is 0.340 e. The summed E-state index contributed by atoms with van der Waals surface area (Å²) >= 11 is 0. The second kappa shape index (κ2) is 10.6. The number of Topliss-reactive ketones (excluding diaryl/α,β-unsaturated/α-hetero) is 1. The number of nitrogens with zero attached hydrogens (tertiary/aromatic N) is 2. The standard InChI is InChI=1S/C25H30N2O6S/c1-32-24-10-4-3-9-20(24)23(28)18-33-25(29)21-17-19(11-12-22(21)26-13-7-8-14-26)34(30,31)27-15-5-2-6-16-27/h3-4,9-12,17H,2,5-8,13-16,18H2,1H3. The highest BCUT2D eigenvalue weighted by Crippen LogP contribution is 2.30. The molecule has 2 aromatic carbocycles. The van der Waals surface area contributed by atoms with E-state index >= 15 is 0 Å². The molecule has 2 fully saturated rings. The Morgan fingerprint density at radius 1 is 0.882 bits per heavy atom. The molecule has 182 valence electrons. The van der Waals surface area contributed by atoms with Crippen molar-refractivity contribution in [2.45, 2.75) is 37.0 Å². The van der Waals surface area contributed by atoms with E-state index in [1.807, 2.05) is 0 Å². The molecule has 0 amide bonds. The maximum absolute atomic E-state index is 13.2. The Balaban J connectivity index is 1.59. The molecule has 8 nitrogen and oxygen atoms in total. The number of para-hydroxylation sites is 1. The van der Waals surface area contributed by atoms with Crippen molar-refractivity contribution in [3.63, 3.8) is 0 Å². The molecular weight excluding hydrogens is 456 g/mol. The zero-order valence-electron chi connectivity index (χ0n) is 19.4. The van der Waals surface area contributed by atoms with Crippen LogP contribution in [0.5, 0.6) is 5.75 Å². The number of carbonyl (C=O) groups excluding carboxylic acids is 2. The summed E-state index contributed by atoms with van der Waals surface area (Å²) in [5.41, 5.74) is 1.11. The lowest BCUT2D eigenvalue weighted by molar-refractivity contribution is 0.0474. The number of hydrogen-bond donors (Lipinski definition) is 0. The number of methoxy groups -OCH3 is 1. The number of sulfonamides is 1. The molecular formula is C25H30N2O6S. The molecule has 0 unspecified atom stereocenters. The number of hydrogen-bond acceptors (Lipinski definition) is 7. The molecule has 2 aliphatic rings. The van der Waals surface area contributed by atoms with Crippen molar-refractivity contribution in [3.8, 4) is 5.75 Å². The van der Waals surface area contributed by atoms with Crippen molar-refractivity contribution >= 4 is 27.5 Å². The van der Waals surface area contributed by atoms with E-state index in [1.165, 1.54) is 17.5 Å². The SMILES string of the molecule is COc1ccccc1C(=O)COC(=O)c1cc(S(=O)(=O)N2CCCCC2)ccc1N1CCCC1. The fourth-order valence-electron chi connectivity index (χ4n) is 4.49. The number of ketones is 1. The molecule has 0 aliphatic carbocycles. The van der Waals surface area contributed by atoms with Crippen molar-refractivity contribution in [2.24, 2.45) is 0 Å². The van der Waals surface area contributed by atoms with Gasteiger partial charge in [-0.1, -0.05) is 18.6 Å². The summed E-state index contributed by atoms with van der Waals surface area (Å²) in [5, 5.41) is 0. The highest BCUT2D eigenvalue weighted by Gasteiger charge is 2.29. The molecule has 2 aliphatic heterocycles. The lowest BCUT2D eigenvalue weighted by atomic mass is 10.1. The van der Waals surface area contributed by atoms with E-state index in [9.17, 15) is 18.0 Å². The second-order valence-corrected chi connectivity index (χ2v) is 10.5. The highest BCUT2D eigenvalue weighted by atomic mass is 32.2. The van der Waals surface area contributed by atoms with Crippen molar-refractivity contribution in [3.05, 3.63) is 53.6 Å². The highest BCUT2D eigenvalue weighted by molar-refractivity contribution is 7.89. The van der Waals surface area contributed by atoms with Gasteiger partial charge in [0.25, 0.3) is 0 Å². The third-order valence-electron chi connectivity index (χ3n) is 6.33. The zero-order valence-corrected chi connectivity index (χ0v) is 20.2. The summed E-state index contributed by atoms with van der Waals surface area (Å²) in [4.78, 5) is 27.9. The molecule has 0 aromatic heterocycles. The Hall–Kier alpha value is -2.91. The van der Waals surface area contributed by atoms with Crippen LogP contribution in [0.25, 0.3) is 0 Å². The van der Waals surface area contributed by atoms with Crippen LogP contribution in [0.4, 0.5) is 5.69 Å². The first kappa shape index (κ1) is 24.2. The summed E-state index contributed by atoms with van der Waals surface area (Å²) in [5.74, 6) is -0.720. The Labute approximate surface area is 200 Å². The zero-order chi connectivity index (χ0) is 24.1.